The fraction of sp³-hybridized carbons (Fsp3) is 0.727. The molecule has 0 saturated heterocycles. The average molecular weight is 180 g/mol. The van der Waals surface area contributed by atoms with Crippen molar-refractivity contribution in [3.63, 3.8) is 0 Å². The summed E-state index contributed by atoms with van der Waals surface area (Å²) in [5.41, 5.74) is 1.91. The maximum Gasteiger partial charge on any atom is 0.0244 e. The van der Waals surface area contributed by atoms with Gasteiger partial charge in [-0.05, 0) is 31.1 Å². The largest absolute Gasteiger partial charge is 0.303 e. The van der Waals surface area contributed by atoms with Crippen LogP contribution >= 0.6 is 0 Å². The summed E-state index contributed by atoms with van der Waals surface area (Å²) in [6.45, 7) is 6.31. The van der Waals surface area contributed by atoms with Gasteiger partial charge in [0.05, 0.1) is 0 Å². The molecule has 0 aromatic heterocycles. The van der Waals surface area contributed by atoms with Gasteiger partial charge in [0.25, 0.3) is 0 Å². The fourth-order valence-corrected chi connectivity index (χ4v) is 1.50. The summed E-state index contributed by atoms with van der Waals surface area (Å²) in [6, 6.07) is 0. The van der Waals surface area contributed by atoms with Crippen LogP contribution in [0.15, 0.2) is 17.3 Å². The van der Waals surface area contributed by atoms with Crippen molar-refractivity contribution in [2.45, 2.75) is 32.6 Å². The Balaban J connectivity index is 2.05. The van der Waals surface area contributed by atoms with Crippen molar-refractivity contribution >= 4 is 6.21 Å². The summed E-state index contributed by atoms with van der Waals surface area (Å²) in [5.74, 6) is 0. The van der Waals surface area contributed by atoms with Crippen LogP contribution in [0.3, 0.4) is 0 Å². The van der Waals surface area contributed by atoms with Crippen molar-refractivity contribution in [3.8, 4) is 0 Å². The predicted molar refractivity (Wildman–Crippen MR) is 57.9 cm³/mol. The molecule has 2 nitrogen and oxygen atoms in total. The van der Waals surface area contributed by atoms with E-state index in [0.717, 1.165) is 6.42 Å². The highest BCUT2D eigenvalue weighted by atomic mass is 15.4. The highest BCUT2D eigenvalue weighted by Gasteiger charge is 2.41. The monoisotopic (exact) mass is 180 g/mol. The van der Waals surface area contributed by atoms with Crippen LogP contribution in [0.25, 0.3) is 0 Å². The van der Waals surface area contributed by atoms with Crippen molar-refractivity contribution in [2.24, 2.45) is 10.5 Å². The first-order valence-electron chi connectivity index (χ1n) is 4.93. The van der Waals surface area contributed by atoms with Gasteiger partial charge in [-0.15, -0.1) is 0 Å². The Bertz CT molecular complexity index is 218. The van der Waals surface area contributed by atoms with Gasteiger partial charge in [-0.3, -0.25) is 0 Å². The number of hydrogen-bond donors (Lipinski definition) is 0. The summed E-state index contributed by atoms with van der Waals surface area (Å²) in [6.07, 6.45) is 6.81. The molecule has 1 atom stereocenters. The van der Waals surface area contributed by atoms with Gasteiger partial charge in [-0.25, -0.2) is 0 Å². The second-order valence-electron chi connectivity index (χ2n) is 4.38. The smallest absolute Gasteiger partial charge is 0.0244 e. The first-order valence-corrected chi connectivity index (χ1v) is 4.93. The van der Waals surface area contributed by atoms with Crippen LogP contribution < -0.4 is 0 Å². The number of allylic oxidation sites excluding steroid dienone is 1. The normalized spacial score (nSPS) is 26.8. The van der Waals surface area contributed by atoms with E-state index in [-0.39, 0.29) is 0 Å². The molecule has 1 saturated carbocycles. The third kappa shape index (κ3) is 3.21. The molecule has 0 radical (unpaired) electrons. The van der Waals surface area contributed by atoms with Gasteiger partial charge in [0.1, 0.15) is 0 Å². The third-order valence-electron chi connectivity index (χ3n) is 2.71. The lowest BCUT2D eigenvalue weighted by molar-refractivity contribution is 0.437. The predicted octanol–water partition coefficient (Wildman–Crippen LogP) is 2.67. The number of nitrogens with zero attached hydrogens (tertiary/aromatic N) is 2. The lowest BCUT2D eigenvalue weighted by Crippen LogP contribution is -2.01. The number of rotatable bonds is 5. The summed E-state index contributed by atoms with van der Waals surface area (Å²) >= 11 is 0. The highest BCUT2D eigenvalue weighted by Crippen LogP contribution is 2.53. The zero-order valence-electron chi connectivity index (χ0n) is 9.01. The van der Waals surface area contributed by atoms with Crippen LogP contribution in [0.5, 0.6) is 0 Å². The van der Waals surface area contributed by atoms with Crippen LogP contribution in [0.1, 0.15) is 32.6 Å². The molecule has 0 N–H and O–H groups in total. The molecule has 1 fully saturated rings. The third-order valence-corrected chi connectivity index (χ3v) is 2.71. The van der Waals surface area contributed by atoms with E-state index in [0.29, 0.717) is 5.41 Å². The summed E-state index contributed by atoms with van der Waals surface area (Å²) in [5, 5.41) is 6.00. The minimum Gasteiger partial charge on any atom is -0.303 e. The van der Waals surface area contributed by atoms with Gasteiger partial charge in [0, 0.05) is 20.3 Å². The maximum absolute atomic E-state index is 4.17. The zero-order chi connectivity index (χ0) is 9.90. The van der Waals surface area contributed by atoms with Crippen LogP contribution in [0.2, 0.25) is 0 Å². The first kappa shape index (κ1) is 10.3. The van der Waals surface area contributed by atoms with Crippen molar-refractivity contribution in [1.82, 2.24) is 5.01 Å². The van der Waals surface area contributed by atoms with Crippen LogP contribution in [0.4, 0.5) is 0 Å². The Kier molecular flexibility index (Phi) is 3.12. The summed E-state index contributed by atoms with van der Waals surface area (Å²) in [4.78, 5) is 0. The van der Waals surface area contributed by atoms with E-state index in [2.05, 4.69) is 18.6 Å². The molecule has 0 heterocycles. The molecule has 1 rings (SSSR count). The van der Waals surface area contributed by atoms with Gasteiger partial charge in [0.2, 0.25) is 0 Å². The van der Waals surface area contributed by atoms with Gasteiger partial charge in [0.15, 0.2) is 0 Å². The lowest BCUT2D eigenvalue weighted by Gasteiger charge is -2.05. The van der Waals surface area contributed by atoms with Crippen LogP contribution in [0, 0.1) is 5.41 Å². The molecule has 0 spiro atoms. The van der Waals surface area contributed by atoms with Crippen molar-refractivity contribution in [2.75, 3.05) is 14.1 Å². The Labute approximate surface area is 81.3 Å². The van der Waals surface area contributed by atoms with Gasteiger partial charge < -0.3 is 5.01 Å². The number of hydrazone groups is 1. The molecule has 0 aliphatic heterocycles. The molecule has 0 amide bonds. The maximum atomic E-state index is 4.17. The minimum absolute atomic E-state index is 0.478. The average Bonchev–Trinajstić information content (AvgIpc) is 2.58. The van der Waals surface area contributed by atoms with Crippen molar-refractivity contribution < 1.29 is 0 Å². The van der Waals surface area contributed by atoms with Crippen LogP contribution in [-0.2, 0) is 0 Å². The minimum atomic E-state index is 0.478. The Hall–Kier alpha value is -0.790. The van der Waals surface area contributed by atoms with E-state index in [1.807, 2.05) is 25.3 Å². The molecular formula is C11H20N2. The molecule has 1 aliphatic rings. The Morgan fingerprint density at radius 1 is 1.62 bits per heavy atom. The molecule has 2 heteroatoms. The molecule has 1 aliphatic carbocycles. The van der Waals surface area contributed by atoms with E-state index in [1.165, 1.54) is 24.8 Å². The fourth-order valence-electron chi connectivity index (χ4n) is 1.50. The second-order valence-corrected chi connectivity index (χ2v) is 4.38. The molecule has 74 valence electrons. The van der Waals surface area contributed by atoms with Gasteiger partial charge >= 0.3 is 0 Å². The van der Waals surface area contributed by atoms with Gasteiger partial charge in [-0.1, -0.05) is 19.1 Å². The van der Waals surface area contributed by atoms with E-state index >= 15 is 0 Å². The van der Waals surface area contributed by atoms with Crippen LogP contribution in [-0.4, -0.2) is 25.3 Å². The first-order chi connectivity index (χ1) is 6.04. The molecule has 13 heavy (non-hydrogen) atoms. The second kappa shape index (κ2) is 3.95. The Morgan fingerprint density at radius 3 is 2.69 bits per heavy atom. The summed E-state index contributed by atoms with van der Waals surface area (Å²) in [7, 11) is 3.89. The highest BCUT2D eigenvalue weighted by molar-refractivity contribution is 5.56. The molecule has 0 aromatic carbocycles. The van der Waals surface area contributed by atoms with Crippen molar-refractivity contribution in [3.05, 3.63) is 12.2 Å². The molecular weight excluding hydrogens is 160 g/mol. The zero-order valence-corrected chi connectivity index (χ0v) is 9.01. The van der Waals surface area contributed by atoms with E-state index in [4.69, 9.17) is 0 Å². The van der Waals surface area contributed by atoms with E-state index in [9.17, 15) is 0 Å². The Morgan fingerprint density at radius 2 is 2.23 bits per heavy atom. The SMILES string of the molecule is C=C1CC1(C)CCCC=NN(C)C. The molecule has 0 aromatic rings. The topological polar surface area (TPSA) is 15.6 Å². The number of unbranched alkanes of at least 4 members (excludes halogenated alkanes) is 1. The van der Waals surface area contributed by atoms with Crippen molar-refractivity contribution in [1.29, 1.82) is 0 Å². The standard InChI is InChI=1S/C11H20N2/c1-10-9-11(10,2)7-5-6-8-12-13(3)4/h8H,1,5-7,9H2,2-4H3. The van der Waals surface area contributed by atoms with E-state index in [1.54, 1.807) is 0 Å². The lowest BCUT2D eigenvalue weighted by atomic mass is 10.0. The van der Waals surface area contributed by atoms with E-state index < -0.39 is 0 Å². The molecule has 1 unspecified atom stereocenters. The summed E-state index contributed by atoms with van der Waals surface area (Å²) < 4.78 is 0. The number of hydrogen-bond acceptors (Lipinski definition) is 2. The molecule has 0 bridgehead atoms. The van der Waals surface area contributed by atoms with Gasteiger partial charge in [-0.2, -0.15) is 5.10 Å². The quantitative estimate of drug-likeness (QED) is 0.275.